The van der Waals surface area contributed by atoms with Crippen molar-refractivity contribution in [1.29, 1.82) is 0 Å². The number of hydrogen-bond acceptors (Lipinski definition) is 2. The number of benzene rings is 1. The lowest BCUT2D eigenvalue weighted by Crippen LogP contribution is -2.08. The molecule has 1 aromatic heterocycles. The van der Waals surface area contributed by atoms with Gasteiger partial charge in [-0.05, 0) is 24.1 Å². The predicted octanol–water partition coefficient (Wildman–Crippen LogP) is 3.63. The number of halogens is 3. The number of furan rings is 1. The van der Waals surface area contributed by atoms with Crippen molar-refractivity contribution in [2.75, 3.05) is 0 Å². The van der Waals surface area contributed by atoms with Gasteiger partial charge in [-0.3, -0.25) is 0 Å². The minimum atomic E-state index is -4.20. The van der Waals surface area contributed by atoms with Crippen LogP contribution in [0.1, 0.15) is 22.5 Å². The maximum absolute atomic E-state index is 12.1. The molecule has 0 amide bonds. The van der Waals surface area contributed by atoms with Crippen LogP contribution in [0.3, 0.4) is 0 Å². The zero-order valence-corrected chi connectivity index (χ0v) is 9.12. The second kappa shape index (κ2) is 4.36. The van der Waals surface area contributed by atoms with E-state index >= 15 is 0 Å². The summed E-state index contributed by atoms with van der Waals surface area (Å²) in [5.41, 5.74) is 0.748. The van der Waals surface area contributed by atoms with Gasteiger partial charge in [-0.15, -0.1) is 0 Å². The molecule has 1 heterocycles. The van der Waals surface area contributed by atoms with E-state index in [0.29, 0.717) is 10.9 Å². The molecule has 0 aliphatic rings. The molecule has 0 spiro atoms. The van der Waals surface area contributed by atoms with Crippen LogP contribution in [0.5, 0.6) is 0 Å². The lowest BCUT2D eigenvalue weighted by Gasteiger charge is -2.05. The summed E-state index contributed by atoms with van der Waals surface area (Å²) in [5.74, 6) is -1.43. The highest BCUT2D eigenvalue weighted by atomic mass is 19.4. The molecular weight excluding hydrogens is 249 g/mol. The van der Waals surface area contributed by atoms with Gasteiger partial charge in [0.2, 0.25) is 5.76 Å². The van der Waals surface area contributed by atoms with Crippen molar-refractivity contribution in [1.82, 2.24) is 0 Å². The van der Waals surface area contributed by atoms with Crippen LogP contribution in [-0.4, -0.2) is 17.3 Å². The molecule has 0 fully saturated rings. The molecule has 0 saturated carbocycles. The fourth-order valence-electron chi connectivity index (χ4n) is 1.62. The zero-order valence-electron chi connectivity index (χ0n) is 9.12. The van der Waals surface area contributed by atoms with Gasteiger partial charge in [0.1, 0.15) is 5.58 Å². The van der Waals surface area contributed by atoms with Gasteiger partial charge in [0.25, 0.3) is 0 Å². The Morgan fingerprint density at radius 2 is 2.00 bits per heavy atom. The van der Waals surface area contributed by atoms with Crippen molar-refractivity contribution in [2.24, 2.45) is 0 Å². The Morgan fingerprint density at radius 1 is 1.28 bits per heavy atom. The van der Waals surface area contributed by atoms with Gasteiger partial charge in [-0.2, -0.15) is 13.2 Å². The fourth-order valence-corrected chi connectivity index (χ4v) is 1.62. The third-order valence-electron chi connectivity index (χ3n) is 2.49. The van der Waals surface area contributed by atoms with Crippen molar-refractivity contribution >= 4 is 16.9 Å². The van der Waals surface area contributed by atoms with E-state index in [9.17, 15) is 18.0 Å². The van der Waals surface area contributed by atoms with Crippen LogP contribution >= 0.6 is 0 Å². The maximum Gasteiger partial charge on any atom is 0.389 e. The average Bonchev–Trinajstić information content (AvgIpc) is 2.68. The quantitative estimate of drug-likeness (QED) is 0.914. The summed E-state index contributed by atoms with van der Waals surface area (Å²) in [7, 11) is 0. The summed E-state index contributed by atoms with van der Waals surface area (Å²) >= 11 is 0. The van der Waals surface area contributed by atoms with E-state index in [1.807, 2.05) is 0 Å². The first-order chi connectivity index (χ1) is 8.35. The molecule has 0 radical (unpaired) electrons. The van der Waals surface area contributed by atoms with Crippen molar-refractivity contribution < 1.29 is 27.5 Å². The first-order valence-electron chi connectivity index (χ1n) is 5.18. The molecule has 2 aromatic rings. The SMILES string of the molecule is O=C(O)c1cc2ccc(CCC(F)(F)F)cc2o1. The van der Waals surface area contributed by atoms with Crippen LogP contribution in [0, 0.1) is 0 Å². The lowest BCUT2D eigenvalue weighted by molar-refractivity contribution is -0.133. The highest BCUT2D eigenvalue weighted by Gasteiger charge is 2.26. The number of alkyl halides is 3. The van der Waals surface area contributed by atoms with Crippen LogP contribution < -0.4 is 0 Å². The number of aryl methyl sites for hydroxylation is 1. The fraction of sp³-hybridized carbons (Fsp3) is 0.250. The number of carboxylic acid groups (broad SMARTS) is 1. The third kappa shape index (κ3) is 2.82. The monoisotopic (exact) mass is 258 g/mol. The van der Waals surface area contributed by atoms with E-state index in [1.54, 1.807) is 6.07 Å². The van der Waals surface area contributed by atoms with Gasteiger partial charge in [-0.25, -0.2) is 4.79 Å². The van der Waals surface area contributed by atoms with E-state index < -0.39 is 18.6 Å². The Balaban J connectivity index is 2.24. The van der Waals surface area contributed by atoms with E-state index in [2.05, 4.69) is 0 Å². The first kappa shape index (κ1) is 12.5. The highest BCUT2D eigenvalue weighted by Crippen LogP contribution is 2.25. The summed E-state index contributed by atoms with van der Waals surface area (Å²) in [4.78, 5) is 10.7. The number of carbonyl (C=O) groups is 1. The van der Waals surface area contributed by atoms with Crippen molar-refractivity contribution in [3.05, 3.63) is 35.6 Å². The zero-order chi connectivity index (χ0) is 13.3. The van der Waals surface area contributed by atoms with E-state index in [4.69, 9.17) is 9.52 Å². The molecular formula is C12H9F3O3. The van der Waals surface area contributed by atoms with Gasteiger partial charge in [0, 0.05) is 11.8 Å². The number of carboxylic acids is 1. The van der Waals surface area contributed by atoms with Crippen molar-refractivity contribution in [3.8, 4) is 0 Å². The molecule has 0 unspecified atom stereocenters. The molecule has 6 heteroatoms. The number of hydrogen-bond donors (Lipinski definition) is 1. The number of aromatic carboxylic acids is 1. The van der Waals surface area contributed by atoms with Crippen LogP contribution in [-0.2, 0) is 6.42 Å². The van der Waals surface area contributed by atoms with Crippen LogP contribution in [0.25, 0.3) is 11.0 Å². The molecule has 1 aromatic carbocycles. The van der Waals surface area contributed by atoms with Gasteiger partial charge >= 0.3 is 12.1 Å². The third-order valence-corrected chi connectivity index (χ3v) is 2.49. The van der Waals surface area contributed by atoms with Crippen LogP contribution in [0.15, 0.2) is 28.7 Å². The van der Waals surface area contributed by atoms with Crippen molar-refractivity contribution in [3.63, 3.8) is 0 Å². The van der Waals surface area contributed by atoms with E-state index in [1.165, 1.54) is 18.2 Å². The van der Waals surface area contributed by atoms with Gasteiger partial charge in [0.05, 0.1) is 0 Å². The molecule has 0 saturated heterocycles. The summed E-state index contributed by atoms with van der Waals surface area (Å²) in [6, 6.07) is 5.87. The standard InChI is InChI=1S/C12H9F3O3/c13-12(14,15)4-3-7-1-2-8-6-10(11(16)17)18-9(8)5-7/h1-2,5-6H,3-4H2,(H,16,17). The van der Waals surface area contributed by atoms with Crippen LogP contribution in [0.2, 0.25) is 0 Å². The smallest absolute Gasteiger partial charge is 0.389 e. The molecule has 0 aliphatic carbocycles. The minimum absolute atomic E-state index is 0.150. The molecule has 0 bridgehead atoms. The topological polar surface area (TPSA) is 50.4 Å². The van der Waals surface area contributed by atoms with Gasteiger partial charge < -0.3 is 9.52 Å². The molecule has 96 valence electrons. The van der Waals surface area contributed by atoms with Gasteiger partial charge in [-0.1, -0.05) is 12.1 Å². The number of fused-ring (bicyclic) bond motifs is 1. The molecule has 3 nitrogen and oxygen atoms in total. The molecule has 1 N–H and O–H groups in total. The normalized spacial score (nSPS) is 11.9. The maximum atomic E-state index is 12.1. The molecule has 0 atom stereocenters. The second-order valence-corrected chi connectivity index (χ2v) is 3.90. The Kier molecular flexibility index (Phi) is 3.02. The Morgan fingerprint density at radius 3 is 2.61 bits per heavy atom. The lowest BCUT2D eigenvalue weighted by atomic mass is 10.1. The Hall–Kier alpha value is -1.98. The molecule has 0 aliphatic heterocycles. The van der Waals surface area contributed by atoms with Crippen molar-refractivity contribution in [2.45, 2.75) is 19.0 Å². The highest BCUT2D eigenvalue weighted by molar-refractivity contribution is 5.91. The summed E-state index contributed by atoms with van der Waals surface area (Å²) < 4.78 is 41.2. The van der Waals surface area contributed by atoms with Gasteiger partial charge in [0.15, 0.2) is 0 Å². The summed E-state index contributed by atoms with van der Waals surface area (Å²) in [6.45, 7) is 0. The molecule has 2 rings (SSSR count). The number of rotatable bonds is 3. The largest absolute Gasteiger partial charge is 0.475 e. The minimum Gasteiger partial charge on any atom is -0.475 e. The van der Waals surface area contributed by atoms with E-state index in [-0.39, 0.29) is 17.8 Å². The predicted molar refractivity (Wildman–Crippen MR) is 57.5 cm³/mol. The second-order valence-electron chi connectivity index (χ2n) is 3.90. The van der Waals surface area contributed by atoms with E-state index in [0.717, 1.165) is 0 Å². The summed E-state index contributed by atoms with van der Waals surface area (Å²) in [6.07, 6.45) is -5.27. The Labute approximate surface area is 99.8 Å². The average molecular weight is 258 g/mol. The first-order valence-corrected chi connectivity index (χ1v) is 5.18. The Bertz CT molecular complexity index is 584. The summed E-state index contributed by atoms with van der Waals surface area (Å²) in [5, 5.41) is 9.28. The molecule has 18 heavy (non-hydrogen) atoms. The van der Waals surface area contributed by atoms with Crippen LogP contribution in [0.4, 0.5) is 13.2 Å².